The molecule has 0 bridgehead atoms. The minimum Gasteiger partial charge on any atom is -0.478 e. The standard InChI is InChI=1S/C17H23NO2/c1-2-3-4-5-6-9-12-18-13-15(17(19)20)14-10-7-8-11-16(14)18/h7-8,10-11,13H,2-6,9,12H2,1H3,(H,19,20). The van der Waals surface area contributed by atoms with Crippen LogP contribution in [0.2, 0.25) is 0 Å². The van der Waals surface area contributed by atoms with E-state index in [1.165, 1.54) is 32.1 Å². The van der Waals surface area contributed by atoms with Gasteiger partial charge in [0.1, 0.15) is 0 Å². The van der Waals surface area contributed by atoms with E-state index in [-0.39, 0.29) is 0 Å². The topological polar surface area (TPSA) is 42.2 Å². The molecule has 2 aromatic rings. The van der Waals surface area contributed by atoms with Crippen LogP contribution in [-0.2, 0) is 6.54 Å². The minimum absolute atomic E-state index is 0.409. The van der Waals surface area contributed by atoms with Crippen molar-refractivity contribution >= 4 is 16.9 Å². The normalized spacial score (nSPS) is 11.1. The molecule has 1 heterocycles. The fourth-order valence-corrected chi connectivity index (χ4v) is 2.66. The van der Waals surface area contributed by atoms with Crippen LogP contribution in [0.15, 0.2) is 30.5 Å². The van der Waals surface area contributed by atoms with E-state index in [4.69, 9.17) is 0 Å². The second-order valence-corrected chi connectivity index (χ2v) is 5.33. The maximum atomic E-state index is 11.3. The molecule has 0 fully saturated rings. The van der Waals surface area contributed by atoms with Gasteiger partial charge in [0, 0.05) is 23.6 Å². The third-order valence-corrected chi connectivity index (χ3v) is 3.77. The van der Waals surface area contributed by atoms with Crippen LogP contribution in [0, 0.1) is 0 Å². The molecule has 0 atom stereocenters. The van der Waals surface area contributed by atoms with Crippen LogP contribution in [0.1, 0.15) is 55.8 Å². The van der Waals surface area contributed by atoms with Gasteiger partial charge in [0.25, 0.3) is 0 Å². The third kappa shape index (κ3) is 3.41. The summed E-state index contributed by atoms with van der Waals surface area (Å²) in [6, 6.07) is 7.74. The van der Waals surface area contributed by atoms with Crippen LogP contribution in [0.25, 0.3) is 10.9 Å². The van der Waals surface area contributed by atoms with Crippen molar-refractivity contribution in [1.29, 1.82) is 0 Å². The van der Waals surface area contributed by atoms with Crippen molar-refractivity contribution in [2.24, 2.45) is 0 Å². The van der Waals surface area contributed by atoms with E-state index in [2.05, 4.69) is 11.5 Å². The minimum atomic E-state index is -0.845. The quantitative estimate of drug-likeness (QED) is 0.708. The summed E-state index contributed by atoms with van der Waals surface area (Å²) in [6.07, 6.45) is 9.28. The predicted octanol–water partition coefficient (Wildman–Crippen LogP) is 4.70. The number of unbranched alkanes of at least 4 members (excludes halogenated alkanes) is 5. The maximum absolute atomic E-state index is 11.3. The molecule has 2 rings (SSSR count). The molecule has 1 N–H and O–H groups in total. The molecule has 0 amide bonds. The number of aromatic nitrogens is 1. The Morgan fingerprint density at radius 3 is 2.55 bits per heavy atom. The first-order chi connectivity index (χ1) is 9.74. The first-order valence-corrected chi connectivity index (χ1v) is 7.55. The average molecular weight is 273 g/mol. The van der Waals surface area contributed by atoms with E-state index in [1.807, 2.05) is 24.3 Å². The van der Waals surface area contributed by atoms with E-state index >= 15 is 0 Å². The lowest BCUT2D eigenvalue weighted by Crippen LogP contribution is -1.97. The van der Waals surface area contributed by atoms with Gasteiger partial charge in [-0.05, 0) is 12.5 Å². The lowest BCUT2D eigenvalue weighted by Gasteiger charge is -2.05. The molecule has 3 heteroatoms. The highest BCUT2D eigenvalue weighted by Gasteiger charge is 2.12. The van der Waals surface area contributed by atoms with Crippen LogP contribution in [0.4, 0.5) is 0 Å². The van der Waals surface area contributed by atoms with Gasteiger partial charge in [-0.2, -0.15) is 0 Å². The Balaban J connectivity index is 2.01. The van der Waals surface area contributed by atoms with Crippen molar-refractivity contribution in [3.63, 3.8) is 0 Å². The summed E-state index contributed by atoms with van der Waals surface area (Å²) in [5, 5.41) is 10.1. The van der Waals surface area contributed by atoms with E-state index in [9.17, 15) is 9.90 Å². The number of hydrogen-bond donors (Lipinski definition) is 1. The number of benzene rings is 1. The smallest absolute Gasteiger partial charge is 0.337 e. The molecule has 0 radical (unpaired) electrons. The second kappa shape index (κ2) is 7.13. The fourth-order valence-electron chi connectivity index (χ4n) is 2.66. The molecular weight excluding hydrogens is 250 g/mol. The van der Waals surface area contributed by atoms with Crippen molar-refractivity contribution in [3.05, 3.63) is 36.0 Å². The summed E-state index contributed by atoms with van der Waals surface area (Å²) in [6.45, 7) is 3.12. The Morgan fingerprint density at radius 2 is 1.80 bits per heavy atom. The van der Waals surface area contributed by atoms with Gasteiger partial charge in [-0.3, -0.25) is 0 Å². The number of rotatable bonds is 8. The van der Waals surface area contributed by atoms with Gasteiger partial charge in [-0.15, -0.1) is 0 Å². The Hall–Kier alpha value is -1.77. The molecule has 1 aromatic heterocycles. The molecule has 108 valence electrons. The Kier molecular flexibility index (Phi) is 5.22. The lowest BCUT2D eigenvalue weighted by atomic mass is 10.1. The van der Waals surface area contributed by atoms with Gasteiger partial charge in [-0.1, -0.05) is 57.2 Å². The molecule has 0 aliphatic carbocycles. The largest absolute Gasteiger partial charge is 0.478 e. The van der Waals surface area contributed by atoms with Crippen molar-refractivity contribution in [2.45, 2.75) is 52.0 Å². The summed E-state index contributed by atoms with van der Waals surface area (Å²) in [7, 11) is 0. The van der Waals surface area contributed by atoms with Crippen LogP contribution >= 0.6 is 0 Å². The number of fused-ring (bicyclic) bond motifs is 1. The van der Waals surface area contributed by atoms with Crippen molar-refractivity contribution < 1.29 is 9.90 Å². The zero-order valence-electron chi connectivity index (χ0n) is 12.1. The number of carboxylic acid groups (broad SMARTS) is 1. The highest BCUT2D eigenvalue weighted by Crippen LogP contribution is 2.22. The highest BCUT2D eigenvalue weighted by molar-refractivity contribution is 6.03. The second-order valence-electron chi connectivity index (χ2n) is 5.33. The monoisotopic (exact) mass is 273 g/mol. The Labute approximate surface area is 120 Å². The summed E-state index contributed by atoms with van der Waals surface area (Å²) in [5.74, 6) is -0.845. The van der Waals surface area contributed by atoms with E-state index < -0.39 is 5.97 Å². The molecule has 0 saturated carbocycles. The molecule has 3 nitrogen and oxygen atoms in total. The summed E-state index contributed by atoms with van der Waals surface area (Å²) in [4.78, 5) is 11.3. The molecular formula is C17H23NO2. The predicted molar refractivity (Wildman–Crippen MR) is 82.3 cm³/mol. The van der Waals surface area contributed by atoms with Crippen LogP contribution in [0.5, 0.6) is 0 Å². The number of carbonyl (C=O) groups is 1. The van der Waals surface area contributed by atoms with Crippen LogP contribution in [0.3, 0.4) is 0 Å². The maximum Gasteiger partial charge on any atom is 0.337 e. The van der Waals surface area contributed by atoms with Crippen molar-refractivity contribution in [1.82, 2.24) is 4.57 Å². The van der Waals surface area contributed by atoms with Gasteiger partial charge < -0.3 is 9.67 Å². The molecule has 0 spiro atoms. The molecule has 0 aliphatic rings. The zero-order valence-corrected chi connectivity index (χ0v) is 12.1. The fraction of sp³-hybridized carbons (Fsp3) is 0.471. The Bertz CT molecular complexity index is 571. The molecule has 20 heavy (non-hydrogen) atoms. The van der Waals surface area contributed by atoms with Gasteiger partial charge in [0.2, 0.25) is 0 Å². The summed E-state index contributed by atoms with van der Waals surface area (Å²) >= 11 is 0. The first kappa shape index (κ1) is 14.6. The van der Waals surface area contributed by atoms with Gasteiger partial charge >= 0.3 is 5.97 Å². The highest BCUT2D eigenvalue weighted by atomic mass is 16.4. The Morgan fingerprint density at radius 1 is 1.10 bits per heavy atom. The SMILES string of the molecule is CCCCCCCCn1cc(C(=O)O)c2ccccc21. The number of para-hydroxylation sites is 1. The average Bonchev–Trinajstić information content (AvgIpc) is 2.82. The van der Waals surface area contributed by atoms with Crippen LogP contribution in [-0.4, -0.2) is 15.6 Å². The van der Waals surface area contributed by atoms with Gasteiger partial charge in [-0.25, -0.2) is 4.79 Å². The van der Waals surface area contributed by atoms with E-state index in [1.54, 1.807) is 6.20 Å². The number of hydrogen-bond acceptors (Lipinski definition) is 1. The molecule has 0 aliphatic heterocycles. The summed E-state index contributed by atoms with van der Waals surface area (Å²) < 4.78 is 2.08. The number of carboxylic acids is 1. The molecule has 1 aromatic carbocycles. The number of aryl methyl sites for hydroxylation is 1. The number of aromatic carboxylic acids is 1. The summed E-state index contributed by atoms with van der Waals surface area (Å²) in [5.41, 5.74) is 1.44. The lowest BCUT2D eigenvalue weighted by molar-refractivity contribution is 0.0699. The van der Waals surface area contributed by atoms with E-state index in [0.717, 1.165) is 23.9 Å². The third-order valence-electron chi connectivity index (χ3n) is 3.77. The molecule has 0 saturated heterocycles. The van der Waals surface area contributed by atoms with Crippen LogP contribution < -0.4 is 0 Å². The van der Waals surface area contributed by atoms with Gasteiger partial charge in [0.15, 0.2) is 0 Å². The first-order valence-electron chi connectivity index (χ1n) is 7.55. The zero-order chi connectivity index (χ0) is 14.4. The van der Waals surface area contributed by atoms with E-state index in [0.29, 0.717) is 5.56 Å². The van der Waals surface area contributed by atoms with Gasteiger partial charge in [0.05, 0.1) is 5.56 Å². The van der Waals surface area contributed by atoms with Crippen molar-refractivity contribution in [2.75, 3.05) is 0 Å². The molecule has 0 unspecified atom stereocenters. The number of nitrogens with zero attached hydrogens (tertiary/aromatic N) is 1. The van der Waals surface area contributed by atoms with Crippen molar-refractivity contribution in [3.8, 4) is 0 Å².